The van der Waals surface area contributed by atoms with E-state index in [0.29, 0.717) is 18.0 Å². The van der Waals surface area contributed by atoms with Crippen LogP contribution in [0.25, 0.3) is 0 Å². The van der Waals surface area contributed by atoms with Gasteiger partial charge in [0.05, 0.1) is 15.5 Å². The average molecular weight is 784 g/mol. The molecule has 0 aliphatic heterocycles. The van der Waals surface area contributed by atoms with Crippen LogP contribution in [0.5, 0.6) is 11.5 Å². The Morgan fingerprint density at radius 1 is 1.12 bits per heavy atom. The van der Waals surface area contributed by atoms with E-state index in [4.69, 9.17) is 37.2 Å². The van der Waals surface area contributed by atoms with E-state index in [1.807, 2.05) is 13.2 Å². The molecule has 3 aromatic rings. The fourth-order valence-corrected chi connectivity index (χ4v) is 4.71. The summed E-state index contributed by atoms with van der Waals surface area (Å²) in [6, 6.07) is 4.23. The summed E-state index contributed by atoms with van der Waals surface area (Å²) in [5, 5.41) is 34.7. The predicted octanol–water partition coefficient (Wildman–Crippen LogP) is 6.68. The molecule has 0 radical (unpaired) electrons. The van der Waals surface area contributed by atoms with Gasteiger partial charge >= 0.3 is 18.1 Å². The van der Waals surface area contributed by atoms with Crippen LogP contribution in [0.2, 0.25) is 5.02 Å². The van der Waals surface area contributed by atoms with Gasteiger partial charge in [0.1, 0.15) is 23.1 Å². The summed E-state index contributed by atoms with van der Waals surface area (Å²) in [7, 11) is -3.10. The minimum atomic E-state index is -4.58. The maximum Gasteiger partial charge on any atom is 0.416 e. The first-order valence-corrected chi connectivity index (χ1v) is 18.4. The number of aliphatic carboxylic acids is 1. The molecule has 0 saturated carbocycles. The zero-order chi connectivity index (χ0) is 39.3. The highest BCUT2D eigenvalue weighted by Crippen LogP contribution is 2.37. The number of halogens is 4. The van der Waals surface area contributed by atoms with Crippen LogP contribution >= 0.6 is 30.7 Å². The smallest absolute Gasteiger partial charge is 0.416 e. The van der Waals surface area contributed by atoms with Crippen LogP contribution in [0.15, 0.2) is 41.6 Å². The molecule has 0 aliphatic rings. The van der Waals surface area contributed by atoms with Crippen LogP contribution in [0.4, 0.5) is 30.8 Å². The van der Waals surface area contributed by atoms with Gasteiger partial charge in [-0.1, -0.05) is 23.4 Å². The van der Waals surface area contributed by atoms with Crippen LogP contribution in [0.3, 0.4) is 0 Å². The molecule has 282 valence electrons. The van der Waals surface area contributed by atoms with Crippen LogP contribution in [0, 0.1) is 10.1 Å². The largest absolute Gasteiger partial charge is 0.480 e. The number of carboxylic acids is 2. The molecule has 0 aliphatic carbocycles. The number of rotatable bonds is 12. The number of nitro groups is 1. The van der Waals surface area contributed by atoms with Crippen LogP contribution < -0.4 is 21.1 Å². The summed E-state index contributed by atoms with van der Waals surface area (Å²) in [4.78, 5) is 52.7. The molecule has 2 atom stereocenters. The third kappa shape index (κ3) is 17.0. The third-order valence-electron chi connectivity index (χ3n) is 5.67. The maximum atomic E-state index is 12.6. The number of nitrogens with two attached hydrogens (primary N) is 1. The first kappa shape index (κ1) is 44.8. The Balaban J connectivity index is 0.000000416. The van der Waals surface area contributed by atoms with Crippen molar-refractivity contribution in [3.8, 4) is 11.5 Å². The number of carbonyl (C=O) groups is 2. The molecular formula is C29H38ClF3N7O9PS. The predicted molar refractivity (Wildman–Crippen MR) is 187 cm³/mol. The number of ether oxygens (including phenoxy) is 1. The monoisotopic (exact) mass is 783 g/mol. The summed E-state index contributed by atoms with van der Waals surface area (Å²) in [5.74, 6) is -1.74. The van der Waals surface area contributed by atoms with Crippen molar-refractivity contribution < 1.29 is 52.1 Å². The lowest BCUT2D eigenvalue weighted by molar-refractivity contribution is -0.385. The number of alkyl halides is 3. The number of aromatic carboxylic acids is 1. The molecule has 0 saturated heterocycles. The van der Waals surface area contributed by atoms with Gasteiger partial charge in [-0.25, -0.2) is 4.79 Å². The summed E-state index contributed by atoms with van der Waals surface area (Å²) < 4.78 is 53.5. The van der Waals surface area contributed by atoms with E-state index in [2.05, 4.69) is 46.4 Å². The van der Waals surface area contributed by atoms with Crippen molar-refractivity contribution in [1.29, 1.82) is 0 Å². The van der Waals surface area contributed by atoms with Gasteiger partial charge < -0.3 is 36.2 Å². The second-order valence-electron chi connectivity index (χ2n) is 11.4. The fraction of sp³-hybridized carbons (Fsp3) is 0.414. The standard InChI is InChI=1S/C14H7ClF3NO5.C10H19N5S.C5H12NO4P/c15-10-5-7(14(16,17)18)1-4-12(10)24-8-2-3-11(19(22)23)9(6-8)13(20)21;1-6-11-7-12-8(15-10(2,3)4)14-9(13-7)16-5;1-11(9,10)3-2-4(6)5(7)8/h1-6H,(H,20,21);6H2,1-5H3,(H2,11,12,13,14,15);4H,2-3,6H2,1H3,(H,7,8)(H,9,10). The highest BCUT2D eigenvalue weighted by molar-refractivity contribution is 7.98. The minimum Gasteiger partial charge on any atom is -0.480 e. The lowest BCUT2D eigenvalue weighted by Gasteiger charge is -2.20. The van der Waals surface area contributed by atoms with Gasteiger partial charge in [-0.2, -0.15) is 28.1 Å². The molecule has 7 N–H and O–H groups in total. The average Bonchev–Trinajstić information content (AvgIpc) is 2.99. The molecular weight excluding hydrogens is 746 g/mol. The molecule has 2 aromatic carbocycles. The molecule has 16 nitrogen and oxygen atoms in total. The fourth-order valence-electron chi connectivity index (χ4n) is 3.37. The number of nitrogens with zero attached hydrogens (tertiary/aromatic N) is 4. The quantitative estimate of drug-likeness (QED) is 0.0485. The SMILES string of the molecule is CCNc1nc(NC(C)(C)C)nc(SC)n1.CP(=O)(O)CCC(N)C(=O)O.O=C(O)c1cc(Oc2ccc(C(F)(F)F)cc2Cl)ccc1[N+](=O)[O-]. The number of benzene rings is 2. The molecule has 1 aromatic heterocycles. The second-order valence-corrected chi connectivity index (χ2v) is 15.1. The molecule has 0 amide bonds. The molecule has 51 heavy (non-hydrogen) atoms. The molecule has 3 rings (SSSR count). The van der Waals surface area contributed by atoms with E-state index in [9.17, 15) is 37.4 Å². The normalized spacial score (nSPS) is 12.9. The number of thioether (sulfide) groups is 1. The summed E-state index contributed by atoms with van der Waals surface area (Å²) >= 11 is 7.23. The number of nitro benzene ring substituents is 1. The van der Waals surface area contributed by atoms with E-state index in [0.717, 1.165) is 42.0 Å². The first-order valence-electron chi connectivity index (χ1n) is 14.5. The zero-order valence-corrected chi connectivity index (χ0v) is 30.7. The molecule has 0 bridgehead atoms. The molecule has 2 unspecified atom stereocenters. The Hall–Kier alpha value is -4.23. The number of anilines is 2. The maximum absolute atomic E-state index is 12.6. The Morgan fingerprint density at radius 2 is 1.73 bits per heavy atom. The van der Waals surface area contributed by atoms with Crippen molar-refractivity contribution in [2.45, 2.75) is 57.0 Å². The number of hydrogen-bond donors (Lipinski definition) is 6. The Kier molecular flexibility index (Phi) is 17.0. The Morgan fingerprint density at radius 3 is 2.18 bits per heavy atom. The van der Waals surface area contributed by atoms with E-state index >= 15 is 0 Å². The van der Waals surface area contributed by atoms with E-state index in [-0.39, 0.29) is 34.6 Å². The van der Waals surface area contributed by atoms with Crippen LogP contribution in [-0.4, -0.2) is 84.1 Å². The van der Waals surface area contributed by atoms with Crippen LogP contribution in [0.1, 0.15) is 50.0 Å². The van der Waals surface area contributed by atoms with E-state index < -0.39 is 53.3 Å². The lowest BCUT2D eigenvalue weighted by Crippen LogP contribution is -2.30. The van der Waals surface area contributed by atoms with Gasteiger partial charge in [-0.15, -0.1) is 0 Å². The molecule has 0 fully saturated rings. The van der Waals surface area contributed by atoms with Gasteiger partial charge in [-0.05, 0) is 64.6 Å². The van der Waals surface area contributed by atoms with Crippen LogP contribution in [-0.2, 0) is 15.5 Å². The van der Waals surface area contributed by atoms with Gasteiger partial charge in [0, 0.05) is 37.0 Å². The highest BCUT2D eigenvalue weighted by atomic mass is 35.5. The Bertz CT molecular complexity index is 1730. The summed E-state index contributed by atoms with van der Waals surface area (Å²) in [6.45, 7) is 10.2. The topological polar surface area (TPSA) is 253 Å². The highest BCUT2D eigenvalue weighted by Gasteiger charge is 2.31. The van der Waals surface area contributed by atoms with Crippen molar-refractivity contribution >= 4 is 60.3 Å². The molecule has 22 heteroatoms. The number of carboxylic acid groups (broad SMARTS) is 2. The lowest BCUT2D eigenvalue weighted by atomic mass is 10.1. The second kappa shape index (κ2) is 19.4. The van der Waals surface area contributed by atoms with Gasteiger partial charge in [-0.3, -0.25) is 19.5 Å². The first-order chi connectivity index (χ1) is 23.4. The molecule has 1 heterocycles. The van der Waals surface area contributed by atoms with Crippen molar-refractivity contribution in [3.05, 3.63) is 62.7 Å². The number of nitrogens with one attached hydrogen (secondary N) is 2. The van der Waals surface area contributed by atoms with E-state index in [1.54, 1.807) is 0 Å². The van der Waals surface area contributed by atoms with Crippen molar-refractivity contribution in [2.24, 2.45) is 5.73 Å². The van der Waals surface area contributed by atoms with Crippen molar-refractivity contribution in [1.82, 2.24) is 15.0 Å². The zero-order valence-electron chi connectivity index (χ0n) is 28.2. The van der Waals surface area contributed by atoms with Gasteiger partial charge in [0.25, 0.3) is 5.69 Å². The van der Waals surface area contributed by atoms with Crippen molar-refractivity contribution in [3.63, 3.8) is 0 Å². The van der Waals surface area contributed by atoms with Gasteiger partial charge in [0.2, 0.25) is 11.9 Å². The number of aromatic nitrogens is 3. The molecule has 0 spiro atoms. The number of hydrogen-bond acceptors (Lipinski definition) is 13. The van der Waals surface area contributed by atoms with Gasteiger partial charge in [0.15, 0.2) is 12.5 Å². The minimum absolute atomic E-state index is 0.0412. The Labute approximate surface area is 300 Å². The third-order valence-corrected chi connectivity index (χ3v) is 7.60. The van der Waals surface area contributed by atoms with Crippen molar-refractivity contribution in [2.75, 3.05) is 36.3 Å². The summed E-state index contributed by atoms with van der Waals surface area (Å²) in [6.07, 6.45) is -2.63. The summed E-state index contributed by atoms with van der Waals surface area (Å²) in [5.41, 5.74) is 2.79. The van der Waals surface area contributed by atoms with E-state index in [1.165, 1.54) is 18.4 Å².